The number of ether oxygens (including phenoxy) is 1. The normalized spacial score (nSPS) is 18.4. The van der Waals surface area contributed by atoms with E-state index >= 15 is 0 Å². The van der Waals surface area contributed by atoms with Gasteiger partial charge in [0.05, 0.1) is 11.3 Å². The van der Waals surface area contributed by atoms with Crippen LogP contribution in [0, 0.1) is 12.8 Å². The number of aliphatic hydroxyl groups is 1. The molecule has 2 aromatic heterocycles. The number of hydrogen-bond acceptors (Lipinski definition) is 8. The zero-order chi connectivity index (χ0) is 28.3. The van der Waals surface area contributed by atoms with Gasteiger partial charge < -0.3 is 25.8 Å². The molecule has 0 amide bonds. The molecule has 5 rings (SSSR count). The highest BCUT2D eigenvalue weighted by Crippen LogP contribution is 2.38. The third kappa shape index (κ3) is 6.26. The van der Waals surface area contributed by atoms with Gasteiger partial charge in [0.15, 0.2) is 6.10 Å². The van der Waals surface area contributed by atoms with Crippen molar-refractivity contribution >= 4 is 22.4 Å². The molecule has 210 valence electrons. The Hall–Kier alpha value is -3.96. The fraction of sp³-hybridized carbons (Fsp3) is 0.345. The Balaban J connectivity index is 1.43. The second-order valence-electron chi connectivity index (χ2n) is 10.1. The number of nitrogens with zero attached hydrogens (tertiary/aromatic N) is 3. The van der Waals surface area contributed by atoms with Crippen molar-refractivity contribution in [2.75, 3.05) is 30.3 Å². The summed E-state index contributed by atoms with van der Waals surface area (Å²) in [7, 11) is 0. The number of pyridine rings is 1. The standard InChI is InChI=1S/C29H31F3N6O2/c1-17-13-19(15-33-14-17)37-28-35-12-10-24(38-28)22-6-4-11-34-27(22)40-26-18(2)8-9-20-21(26)5-3-7-23(20)36-16-25(39)29(30,31)32/h3-12,17,19,25,33,36,39H,13-16H2,1-2H3,(H,35,37,38)/t17-,19+,25?/m1/s1. The van der Waals surface area contributed by atoms with Gasteiger partial charge >= 0.3 is 6.18 Å². The summed E-state index contributed by atoms with van der Waals surface area (Å²) in [5.41, 5.74) is 2.58. The third-order valence-electron chi connectivity index (χ3n) is 6.88. The van der Waals surface area contributed by atoms with Crippen LogP contribution in [0.4, 0.5) is 24.8 Å². The van der Waals surface area contributed by atoms with Crippen LogP contribution in [-0.2, 0) is 0 Å². The lowest BCUT2D eigenvalue weighted by molar-refractivity contribution is -0.198. The van der Waals surface area contributed by atoms with E-state index in [1.54, 1.807) is 36.7 Å². The first-order chi connectivity index (χ1) is 19.2. The number of aryl methyl sites for hydroxylation is 1. The first-order valence-corrected chi connectivity index (χ1v) is 13.1. The van der Waals surface area contributed by atoms with Gasteiger partial charge in [-0.3, -0.25) is 0 Å². The van der Waals surface area contributed by atoms with E-state index in [9.17, 15) is 18.3 Å². The highest BCUT2D eigenvalue weighted by molar-refractivity contribution is 5.98. The highest BCUT2D eigenvalue weighted by Gasteiger charge is 2.37. The molecule has 4 N–H and O–H groups in total. The van der Waals surface area contributed by atoms with Crippen molar-refractivity contribution in [1.29, 1.82) is 0 Å². The number of halogens is 3. The van der Waals surface area contributed by atoms with E-state index in [1.165, 1.54) is 0 Å². The van der Waals surface area contributed by atoms with Crippen LogP contribution in [0.1, 0.15) is 18.9 Å². The summed E-state index contributed by atoms with van der Waals surface area (Å²) in [4.78, 5) is 13.6. The monoisotopic (exact) mass is 552 g/mol. The summed E-state index contributed by atoms with van der Waals surface area (Å²) in [5, 5.41) is 20.3. The Labute approximate surface area is 230 Å². The number of benzene rings is 2. The van der Waals surface area contributed by atoms with Gasteiger partial charge in [0.2, 0.25) is 11.8 Å². The molecule has 0 spiro atoms. The van der Waals surface area contributed by atoms with E-state index in [2.05, 4.69) is 32.8 Å². The van der Waals surface area contributed by atoms with Crippen molar-refractivity contribution < 1.29 is 23.0 Å². The second kappa shape index (κ2) is 11.6. The van der Waals surface area contributed by atoms with Crippen molar-refractivity contribution in [1.82, 2.24) is 20.3 Å². The number of aliphatic hydroxyl groups excluding tert-OH is 1. The summed E-state index contributed by atoms with van der Waals surface area (Å²) in [5.74, 6) is 1.93. The van der Waals surface area contributed by atoms with Crippen LogP contribution in [0.2, 0.25) is 0 Å². The van der Waals surface area contributed by atoms with Crippen LogP contribution in [0.3, 0.4) is 0 Å². The van der Waals surface area contributed by atoms with Gasteiger partial charge in [0, 0.05) is 48.0 Å². The largest absolute Gasteiger partial charge is 0.437 e. The van der Waals surface area contributed by atoms with Crippen LogP contribution < -0.4 is 20.7 Å². The SMILES string of the molecule is Cc1ccc2c(NCC(O)C(F)(F)F)cccc2c1Oc1ncccc1-c1ccnc(N[C@@H]2CNC[C@H](C)C2)n1. The highest BCUT2D eigenvalue weighted by atomic mass is 19.4. The van der Waals surface area contributed by atoms with Crippen LogP contribution >= 0.6 is 0 Å². The molecule has 11 heteroatoms. The first-order valence-electron chi connectivity index (χ1n) is 13.1. The Bertz CT molecular complexity index is 1480. The van der Waals surface area contributed by atoms with E-state index in [0.717, 1.165) is 25.1 Å². The number of fused-ring (bicyclic) bond motifs is 1. The smallest absolute Gasteiger partial charge is 0.416 e. The maximum absolute atomic E-state index is 12.8. The first kappa shape index (κ1) is 27.6. The van der Waals surface area contributed by atoms with Gasteiger partial charge in [-0.2, -0.15) is 13.2 Å². The molecule has 3 atom stereocenters. The molecule has 40 heavy (non-hydrogen) atoms. The minimum absolute atomic E-state index is 0.224. The molecule has 1 aliphatic rings. The predicted octanol–water partition coefficient (Wildman–Crippen LogP) is 5.54. The average molecular weight is 553 g/mol. The van der Waals surface area contributed by atoms with E-state index in [4.69, 9.17) is 9.72 Å². The van der Waals surface area contributed by atoms with Crippen molar-refractivity contribution in [3.8, 4) is 22.9 Å². The predicted molar refractivity (Wildman–Crippen MR) is 149 cm³/mol. The van der Waals surface area contributed by atoms with Crippen molar-refractivity contribution in [3.63, 3.8) is 0 Å². The fourth-order valence-corrected chi connectivity index (χ4v) is 4.84. The molecule has 0 saturated carbocycles. The van der Waals surface area contributed by atoms with Crippen LogP contribution in [0.15, 0.2) is 60.9 Å². The molecule has 3 heterocycles. The Morgan fingerprint density at radius 2 is 1.90 bits per heavy atom. The van der Waals surface area contributed by atoms with Gasteiger partial charge in [-0.05, 0) is 55.6 Å². The minimum atomic E-state index is -4.71. The summed E-state index contributed by atoms with van der Waals surface area (Å²) < 4.78 is 44.9. The molecule has 0 radical (unpaired) electrons. The number of anilines is 2. The van der Waals surface area contributed by atoms with Crippen LogP contribution in [0.5, 0.6) is 11.6 Å². The number of rotatable bonds is 8. The zero-order valence-electron chi connectivity index (χ0n) is 22.2. The molecule has 0 aliphatic carbocycles. The summed E-state index contributed by atoms with van der Waals surface area (Å²) >= 11 is 0. The number of nitrogens with one attached hydrogen (secondary N) is 3. The van der Waals surface area contributed by atoms with Crippen molar-refractivity contribution in [2.45, 2.75) is 38.6 Å². The van der Waals surface area contributed by atoms with E-state index < -0.39 is 18.8 Å². The number of aromatic nitrogens is 3. The molecular formula is C29H31F3N6O2. The van der Waals surface area contributed by atoms with E-state index in [1.807, 2.05) is 31.2 Å². The van der Waals surface area contributed by atoms with Crippen LogP contribution in [0.25, 0.3) is 22.0 Å². The summed E-state index contributed by atoms with van der Waals surface area (Å²) in [6.45, 7) is 5.26. The third-order valence-corrected chi connectivity index (χ3v) is 6.88. The quantitative estimate of drug-likeness (QED) is 0.226. The number of hydrogen-bond donors (Lipinski definition) is 4. The van der Waals surface area contributed by atoms with Crippen LogP contribution in [-0.4, -0.2) is 58.0 Å². The molecule has 1 saturated heterocycles. The zero-order valence-corrected chi connectivity index (χ0v) is 22.2. The molecule has 1 aliphatic heterocycles. The Morgan fingerprint density at radius 3 is 2.70 bits per heavy atom. The lowest BCUT2D eigenvalue weighted by Crippen LogP contribution is -2.42. The van der Waals surface area contributed by atoms with E-state index in [-0.39, 0.29) is 6.04 Å². The Kier molecular flexibility index (Phi) is 8.04. The topological polar surface area (TPSA) is 104 Å². The van der Waals surface area contributed by atoms with Gasteiger partial charge in [-0.25, -0.2) is 15.0 Å². The van der Waals surface area contributed by atoms with Crippen molar-refractivity contribution in [2.24, 2.45) is 5.92 Å². The van der Waals surface area contributed by atoms with Gasteiger partial charge in [0.25, 0.3) is 0 Å². The maximum Gasteiger partial charge on any atom is 0.416 e. The molecule has 8 nitrogen and oxygen atoms in total. The molecule has 4 aromatic rings. The number of alkyl halides is 3. The maximum atomic E-state index is 12.8. The van der Waals surface area contributed by atoms with Gasteiger partial charge in [-0.1, -0.05) is 31.2 Å². The van der Waals surface area contributed by atoms with Gasteiger partial charge in [-0.15, -0.1) is 0 Å². The fourth-order valence-electron chi connectivity index (χ4n) is 4.84. The second-order valence-corrected chi connectivity index (χ2v) is 10.1. The molecular weight excluding hydrogens is 521 g/mol. The Morgan fingerprint density at radius 1 is 1.05 bits per heavy atom. The van der Waals surface area contributed by atoms with E-state index in [0.29, 0.717) is 51.2 Å². The number of piperidine rings is 1. The summed E-state index contributed by atoms with van der Waals surface area (Å²) in [6.07, 6.45) is -2.85. The lowest BCUT2D eigenvalue weighted by atomic mass is 9.98. The molecule has 2 aromatic carbocycles. The average Bonchev–Trinajstić information content (AvgIpc) is 2.93. The van der Waals surface area contributed by atoms with Gasteiger partial charge in [0.1, 0.15) is 5.75 Å². The minimum Gasteiger partial charge on any atom is -0.437 e. The van der Waals surface area contributed by atoms with Crippen molar-refractivity contribution in [3.05, 3.63) is 66.5 Å². The molecule has 1 fully saturated rings. The molecule has 1 unspecified atom stereocenters. The lowest BCUT2D eigenvalue weighted by Gasteiger charge is -2.28. The molecule has 0 bridgehead atoms. The summed E-state index contributed by atoms with van der Waals surface area (Å²) in [6, 6.07) is 14.5.